The van der Waals surface area contributed by atoms with Gasteiger partial charge in [0, 0.05) is 17.1 Å². The van der Waals surface area contributed by atoms with Gasteiger partial charge in [0.05, 0.1) is 25.9 Å². The van der Waals surface area contributed by atoms with Crippen molar-refractivity contribution in [3.63, 3.8) is 0 Å². The largest absolute Gasteiger partial charge is 0.390 e. The molecule has 1 N–H and O–H groups in total. The van der Waals surface area contributed by atoms with E-state index in [2.05, 4.69) is 22.6 Å². The van der Waals surface area contributed by atoms with Gasteiger partial charge < -0.3 is 14.6 Å². The summed E-state index contributed by atoms with van der Waals surface area (Å²) >= 11 is 2.26. The van der Waals surface area contributed by atoms with Gasteiger partial charge in [-0.05, 0) is 40.3 Å². The summed E-state index contributed by atoms with van der Waals surface area (Å²) in [5.41, 5.74) is 1.13. The molecule has 0 aliphatic carbocycles. The van der Waals surface area contributed by atoms with Gasteiger partial charge in [-0.1, -0.05) is 12.1 Å². The summed E-state index contributed by atoms with van der Waals surface area (Å²) < 4.78 is 11.3. The molecule has 0 aliphatic rings. The average Bonchev–Trinajstić information content (AvgIpc) is 2.28. The van der Waals surface area contributed by atoms with Crippen molar-refractivity contribution in [1.29, 1.82) is 0 Å². The van der Waals surface area contributed by atoms with Gasteiger partial charge in [0.2, 0.25) is 0 Å². The van der Waals surface area contributed by atoms with E-state index in [1.54, 1.807) is 7.11 Å². The highest BCUT2D eigenvalue weighted by Gasteiger charge is 2.05. The molecule has 90 valence electrons. The van der Waals surface area contributed by atoms with Gasteiger partial charge in [0.25, 0.3) is 0 Å². The second-order valence-electron chi connectivity index (χ2n) is 3.55. The lowest BCUT2D eigenvalue weighted by atomic mass is 10.1. The number of rotatable bonds is 7. The SMILES string of the molecule is COCCOCC(O)Cc1ccc(I)cc1. The van der Waals surface area contributed by atoms with E-state index in [9.17, 15) is 5.11 Å². The van der Waals surface area contributed by atoms with E-state index in [1.165, 1.54) is 3.57 Å². The van der Waals surface area contributed by atoms with Crippen molar-refractivity contribution >= 4 is 22.6 Å². The zero-order valence-corrected chi connectivity index (χ0v) is 11.5. The van der Waals surface area contributed by atoms with Gasteiger partial charge in [-0.2, -0.15) is 0 Å². The smallest absolute Gasteiger partial charge is 0.0813 e. The highest BCUT2D eigenvalue weighted by atomic mass is 127. The zero-order chi connectivity index (χ0) is 11.8. The first-order valence-corrected chi connectivity index (χ1v) is 6.29. The van der Waals surface area contributed by atoms with Gasteiger partial charge in [0.1, 0.15) is 0 Å². The molecule has 0 saturated heterocycles. The molecule has 0 radical (unpaired) electrons. The Balaban J connectivity index is 2.23. The Kier molecular flexibility index (Phi) is 6.95. The molecule has 0 amide bonds. The van der Waals surface area contributed by atoms with Crippen LogP contribution in [-0.2, 0) is 15.9 Å². The highest BCUT2D eigenvalue weighted by molar-refractivity contribution is 14.1. The summed E-state index contributed by atoms with van der Waals surface area (Å²) in [7, 11) is 1.63. The number of ether oxygens (including phenoxy) is 2. The molecule has 1 unspecified atom stereocenters. The summed E-state index contributed by atoms with van der Waals surface area (Å²) in [5, 5.41) is 9.70. The van der Waals surface area contributed by atoms with Crippen LogP contribution in [0.4, 0.5) is 0 Å². The fraction of sp³-hybridized carbons (Fsp3) is 0.500. The first-order chi connectivity index (χ1) is 7.72. The summed E-state index contributed by atoms with van der Waals surface area (Å²) in [4.78, 5) is 0. The maximum atomic E-state index is 9.70. The van der Waals surface area contributed by atoms with Crippen LogP contribution in [-0.4, -0.2) is 38.1 Å². The number of hydrogen-bond donors (Lipinski definition) is 1. The minimum Gasteiger partial charge on any atom is -0.390 e. The summed E-state index contributed by atoms with van der Waals surface area (Å²) in [6.07, 6.45) is 0.182. The monoisotopic (exact) mass is 336 g/mol. The summed E-state index contributed by atoms with van der Waals surface area (Å²) in [6.45, 7) is 1.45. The fourth-order valence-electron chi connectivity index (χ4n) is 1.31. The molecule has 0 heterocycles. The van der Waals surface area contributed by atoms with E-state index in [0.29, 0.717) is 26.2 Å². The molecule has 1 aromatic carbocycles. The minimum absolute atomic E-state index is 0.356. The number of halogens is 1. The highest BCUT2D eigenvalue weighted by Crippen LogP contribution is 2.08. The topological polar surface area (TPSA) is 38.7 Å². The Hall–Kier alpha value is -0.170. The number of aliphatic hydroxyl groups is 1. The lowest BCUT2D eigenvalue weighted by molar-refractivity contribution is 0.0137. The third-order valence-corrected chi connectivity index (χ3v) is 2.85. The molecular formula is C12H17IO3. The second-order valence-corrected chi connectivity index (χ2v) is 4.80. The lowest BCUT2D eigenvalue weighted by Gasteiger charge is -2.11. The number of benzene rings is 1. The molecule has 1 aromatic rings. The van der Waals surface area contributed by atoms with Crippen molar-refractivity contribution in [3.05, 3.63) is 33.4 Å². The Bertz CT molecular complexity index is 287. The summed E-state index contributed by atoms with van der Waals surface area (Å²) in [6, 6.07) is 8.13. The van der Waals surface area contributed by atoms with E-state index in [1.807, 2.05) is 24.3 Å². The van der Waals surface area contributed by atoms with Crippen LogP contribution in [0.15, 0.2) is 24.3 Å². The van der Waals surface area contributed by atoms with Crippen LogP contribution in [0.2, 0.25) is 0 Å². The molecule has 16 heavy (non-hydrogen) atoms. The number of hydrogen-bond acceptors (Lipinski definition) is 3. The van der Waals surface area contributed by atoms with E-state index in [4.69, 9.17) is 9.47 Å². The Morgan fingerprint density at radius 1 is 1.25 bits per heavy atom. The Morgan fingerprint density at radius 3 is 2.56 bits per heavy atom. The maximum Gasteiger partial charge on any atom is 0.0813 e. The van der Waals surface area contributed by atoms with Crippen molar-refractivity contribution in [2.45, 2.75) is 12.5 Å². The van der Waals surface area contributed by atoms with E-state index in [-0.39, 0.29) is 0 Å². The van der Waals surface area contributed by atoms with Crippen LogP contribution in [0, 0.1) is 3.57 Å². The van der Waals surface area contributed by atoms with Crippen LogP contribution >= 0.6 is 22.6 Å². The molecule has 0 aromatic heterocycles. The molecule has 0 fully saturated rings. The average molecular weight is 336 g/mol. The van der Waals surface area contributed by atoms with Crippen molar-refractivity contribution in [2.75, 3.05) is 26.9 Å². The van der Waals surface area contributed by atoms with Crippen molar-refractivity contribution in [3.8, 4) is 0 Å². The first kappa shape index (κ1) is 13.9. The second kappa shape index (κ2) is 8.00. The van der Waals surface area contributed by atoms with E-state index >= 15 is 0 Å². The van der Waals surface area contributed by atoms with Crippen molar-refractivity contribution < 1.29 is 14.6 Å². The van der Waals surface area contributed by atoms with Crippen molar-refractivity contribution in [1.82, 2.24) is 0 Å². The van der Waals surface area contributed by atoms with E-state index in [0.717, 1.165) is 5.56 Å². The molecule has 0 saturated carbocycles. The van der Waals surface area contributed by atoms with E-state index < -0.39 is 6.10 Å². The van der Waals surface area contributed by atoms with Crippen LogP contribution in [0.5, 0.6) is 0 Å². The molecule has 0 spiro atoms. The predicted octanol–water partition coefficient (Wildman–Crippen LogP) is 1.86. The normalized spacial score (nSPS) is 12.7. The lowest BCUT2D eigenvalue weighted by Crippen LogP contribution is -2.19. The molecule has 3 nitrogen and oxygen atoms in total. The fourth-order valence-corrected chi connectivity index (χ4v) is 1.67. The predicted molar refractivity (Wildman–Crippen MR) is 71.6 cm³/mol. The maximum absolute atomic E-state index is 9.70. The van der Waals surface area contributed by atoms with Gasteiger partial charge in [-0.3, -0.25) is 0 Å². The number of methoxy groups -OCH3 is 1. The van der Waals surface area contributed by atoms with Crippen LogP contribution < -0.4 is 0 Å². The quantitative estimate of drug-likeness (QED) is 0.610. The molecule has 1 atom stereocenters. The summed E-state index contributed by atoms with van der Waals surface area (Å²) in [5.74, 6) is 0. The van der Waals surface area contributed by atoms with Gasteiger partial charge in [0.15, 0.2) is 0 Å². The standard InChI is InChI=1S/C12H17IO3/c1-15-6-7-16-9-12(14)8-10-2-4-11(13)5-3-10/h2-5,12,14H,6-9H2,1H3. The molecule has 0 bridgehead atoms. The third-order valence-electron chi connectivity index (χ3n) is 2.13. The minimum atomic E-state index is -0.447. The number of aliphatic hydroxyl groups excluding tert-OH is 1. The van der Waals surface area contributed by atoms with Gasteiger partial charge in [-0.15, -0.1) is 0 Å². The Morgan fingerprint density at radius 2 is 1.94 bits per heavy atom. The van der Waals surface area contributed by atoms with Gasteiger partial charge >= 0.3 is 0 Å². The van der Waals surface area contributed by atoms with Crippen LogP contribution in [0.25, 0.3) is 0 Å². The van der Waals surface area contributed by atoms with Crippen LogP contribution in [0.1, 0.15) is 5.56 Å². The zero-order valence-electron chi connectivity index (χ0n) is 9.36. The molecular weight excluding hydrogens is 319 g/mol. The van der Waals surface area contributed by atoms with Crippen LogP contribution in [0.3, 0.4) is 0 Å². The van der Waals surface area contributed by atoms with Gasteiger partial charge in [-0.25, -0.2) is 0 Å². The Labute approximate surface area is 110 Å². The molecule has 0 aliphatic heterocycles. The van der Waals surface area contributed by atoms with Crippen molar-refractivity contribution in [2.24, 2.45) is 0 Å². The molecule has 4 heteroatoms. The first-order valence-electron chi connectivity index (χ1n) is 5.21. The molecule has 1 rings (SSSR count). The third kappa shape index (κ3) is 5.79.